The SMILES string of the molecule is O=c1ccoc(-c2cccc3c2Sc2ccccc2S3)c1. The fourth-order valence-corrected chi connectivity index (χ4v) is 4.65. The summed E-state index contributed by atoms with van der Waals surface area (Å²) < 4.78 is 5.53. The van der Waals surface area contributed by atoms with Gasteiger partial charge in [-0.3, -0.25) is 4.79 Å². The normalized spacial score (nSPS) is 12.6. The molecule has 1 aliphatic rings. The molecule has 0 radical (unpaired) electrons. The summed E-state index contributed by atoms with van der Waals surface area (Å²) in [6, 6.07) is 17.4. The molecule has 0 aliphatic carbocycles. The highest BCUT2D eigenvalue weighted by Gasteiger charge is 2.20. The third-order valence-electron chi connectivity index (χ3n) is 3.23. The molecule has 2 nitrogen and oxygen atoms in total. The maximum Gasteiger partial charge on any atom is 0.185 e. The summed E-state index contributed by atoms with van der Waals surface area (Å²) >= 11 is 3.48. The largest absolute Gasteiger partial charge is 0.464 e. The van der Waals surface area contributed by atoms with Gasteiger partial charge in [-0.05, 0) is 18.2 Å². The lowest BCUT2D eigenvalue weighted by Crippen LogP contribution is -1.97. The van der Waals surface area contributed by atoms with Gasteiger partial charge in [0.1, 0.15) is 5.76 Å². The van der Waals surface area contributed by atoms with Crippen molar-refractivity contribution in [3.8, 4) is 11.3 Å². The van der Waals surface area contributed by atoms with E-state index in [-0.39, 0.29) is 5.43 Å². The smallest absolute Gasteiger partial charge is 0.185 e. The van der Waals surface area contributed by atoms with E-state index in [1.807, 2.05) is 18.2 Å². The maximum absolute atomic E-state index is 11.6. The summed E-state index contributed by atoms with van der Waals surface area (Å²) in [6.07, 6.45) is 1.45. The van der Waals surface area contributed by atoms with Crippen LogP contribution in [-0.4, -0.2) is 0 Å². The summed E-state index contributed by atoms with van der Waals surface area (Å²) in [6.45, 7) is 0. The van der Waals surface area contributed by atoms with E-state index in [0.717, 1.165) is 10.5 Å². The van der Waals surface area contributed by atoms with Crippen molar-refractivity contribution in [3.63, 3.8) is 0 Å². The molecule has 102 valence electrons. The molecule has 0 bridgehead atoms. The molecule has 0 fully saturated rings. The molecule has 4 rings (SSSR count). The van der Waals surface area contributed by atoms with E-state index in [1.54, 1.807) is 29.6 Å². The fourth-order valence-electron chi connectivity index (χ4n) is 2.27. The van der Waals surface area contributed by atoms with E-state index < -0.39 is 0 Å². The first-order chi connectivity index (χ1) is 10.3. The first-order valence-electron chi connectivity index (χ1n) is 6.48. The third kappa shape index (κ3) is 2.30. The lowest BCUT2D eigenvalue weighted by Gasteiger charge is -2.20. The fraction of sp³-hybridized carbons (Fsp3) is 0. The molecule has 2 heterocycles. The van der Waals surface area contributed by atoms with E-state index in [1.165, 1.54) is 27.0 Å². The second-order valence-electron chi connectivity index (χ2n) is 4.62. The van der Waals surface area contributed by atoms with E-state index in [4.69, 9.17) is 4.42 Å². The lowest BCUT2D eigenvalue weighted by atomic mass is 10.1. The van der Waals surface area contributed by atoms with Crippen LogP contribution >= 0.6 is 23.5 Å². The Balaban J connectivity index is 1.88. The summed E-state index contributed by atoms with van der Waals surface area (Å²) in [5, 5.41) is 0. The van der Waals surface area contributed by atoms with Gasteiger partial charge in [0.2, 0.25) is 0 Å². The van der Waals surface area contributed by atoms with Crippen LogP contribution in [0.15, 0.2) is 89.7 Å². The van der Waals surface area contributed by atoms with E-state index >= 15 is 0 Å². The van der Waals surface area contributed by atoms with Gasteiger partial charge in [-0.15, -0.1) is 0 Å². The highest BCUT2D eigenvalue weighted by molar-refractivity contribution is 8.05. The van der Waals surface area contributed by atoms with Crippen LogP contribution in [0.1, 0.15) is 0 Å². The van der Waals surface area contributed by atoms with Gasteiger partial charge < -0.3 is 4.42 Å². The Morgan fingerprint density at radius 1 is 0.810 bits per heavy atom. The predicted octanol–water partition coefficient (Wildman–Crippen LogP) is 4.92. The molecular weight excluding hydrogens is 300 g/mol. The summed E-state index contributed by atoms with van der Waals surface area (Å²) in [7, 11) is 0. The molecule has 4 heteroatoms. The van der Waals surface area contributed by atoms with Crippen LogP contribution in [0.3, 0.4) is 0 Å². The van der Waals surface area contributed by atoms with Crippen molar-refractivity contribution in [1.82, 2.24) is 0 Å². The monoisotopic (exact) mass is 310 g/mol. The molecule has 3 aromatic rings. The molecule has 0 spiro atoms. The average Bonchev–Trinajstić information content (AvgIpc) is 2.52. The van der Waals surface area contributed by atoms with Gasteiger partial charge in [-0.2, -0.15) is 0 Å². The number of rotatable bonds is 1. The number of hydrogen-bond donors (Lipinski definition) is 0. The van der Waals surface area contributed by atoms with Crippen LogP contribution in [-0.2, 0) is 0 Å². The minimum absolute atomic E-state index is 0.0392. The maximum atomic E-state index is 11.6. The molecule has 21 heavy (non-hydrogen) atoms. The molecule has 0 amide bonds. The molecule has 2 aromatic carbocycles. The van der Waals surface area contributed by atoms with E-state index in [9.17, 15) is 4.79 Å². The van der Waals surface area contributed by atoms with Gasteiger partial charge in [0.25, 0.3) is 0 Å². The van der Waals surface area contributed by atoms with Crippen molar-refractivity contribution in [2.75, 3.05) is 0 Å². The predicted molar refractivity (Wildman–Crippen MR) is 85.1 cm³/mol. The molecule has 1 aliphatic heterocycles. The van der Waals surface area contributed by atoms with Gasteiger partial charge in [-0.1, -0.05) is 47.8 Å². The minimum atomic E-state index is -0.0392. The lowest BCUT2D eigenvalue weighted by molar-refractivity contribution is 0.562. The second-order valence-corrected chi connectivity index (χ2v) is 6.75. The van der Waals surface area contributed by atoms with Crippen molar-refractivity contribution < 1.29 is 4.42 Å². The Labute approximate surface area is 130 Å². The minimum Gasteiger partial charge on any atom is -0.464 e. The quantitative estimate of drug-likeness (QED) is 0.499. The Bertz CT molecular complexity index is 884. The molecular formula is C17H10O2S2. The van der Waals surface area contributed by atoms with Gasteiger partial charge >= 0.3 is 0 Å². The van der Waals surface area contributed by atoms with Crippen molar-refractivity contribution in [2.45, 2.75) is 19.6 Å². The average molecular weight is 310 g/mol. The standard InChI is InChI=1S/C17H10O2S2/c18-11-8-9-19-13(10-11)12-4-3-7-16-17(12)21-15-6-2-1-5-14(15)20-16/h1-10H. The van der Waals surface area contributed by atoms with Crippen molar-refractivity contribution in [1.29, 1.82) is 0 Å². The summed E-state index contributed by atoms with van der Waals surface area (Å²) in [5.74, 6) is 0.617. The Morgan fingerprint density at radius 3 is 2.38 bits per heavy atom. The van der Waals surface area contributed by atoms with E-state index in [0.29, 0.717) is 5.76 Å². The highest BCUT2D eigenvalue weighted by Crippen LogP contribution is 2.51. The molecule has 0 saturated heterocycles. The van der Waals surface area contributed by atoms with Crippen LogP contribution in [0.5, 0.6) is 0 Å². The Hall–Kier alpha value is -1.91. The van der Waals surface area contributed by atoms with Crippen molar-refractivity contribution >= 4 is 23.5 Å². The van der Waals surface area contributed by atoms with Crippen LogP contribution in [0, 0.1) is 0 Å². The zero-order valence-electron chi connectivity index (χ0n) is 10.9. The van der Waals surface area contributed by atoms with Gasteiger partial charge in [0.15, 0.2) is 5.43 Å². The van der Waals surface area contributed by atoms with Crippen LogP contribution in [0.4, 0.5) is 0 Å². The summed E-state index contributed by atoms with van der Waals surface area (Å²) in [4.78, 5) is 16.4. The first-order valence-corrected chi connectivity index (χ1v) is 8.11. The van der Waals surface area contributed by atoms with Crippen LogP contribution in [0.25, 0.3) is 11.3 Å². The molecule has 0 atom stereocenters. The second kappa shape index (κ2) is 5.13. The first kappa shape index (κ1) is 12.8. The van der Waals surface area contributed by atoms with Crippen molar-refractivity contribution in [3.05, 3.63) is 71.1 Å². The van der Waals surface area contributed by atoms with Crippen molar-refractivity contribution in [2.24, 2.45) is 0 Å². The topological polar surface area (TPSA) is 30.2 Å². The molecule has 0 unspecified atom stereocenters. The molecule has 0 saturated carbocycles. The van der Waals surface area contributed by atoms with Gasteiger partial charge in [0, 0.05) is 37.3 Å². The highest BCUT2D eigenvalue weighted by atomic mass is 32.2. The Kier molecular flexibility index (Phi) is 3.13. The molecule has 0 N–H and O–H groups in total. The van der Waals surface area contributed by atoms with Gasteiger partial charge in [0.05, 0.1) is 6.26 Å². The van der Waals surface area contributed by atoms with Crippen LogP contribution < -0.4 is 5.43 Å². The van der Waals surface area contributed by atoms with Crippen LogP contribution in [0.2, 0.25) is 0 Å². The summed E-state index contributed by atoms with van der Waals surface area (Å²) in [5.41, 5.74) is 0.930. The Morgan fingerprint density at radius 2 is 1.57 bits per heavy atom. The zero-order chi connectivity index (χ0) is 14.2. The number of hydrogen-bond acceptors (Lipinski definition) is 4. The molecule has 1 aromatic heterocycles. The zero-order valence-corrected chi connectivity index (χ0v) is 12.5. The van der Waals surface area contributed by atoms with E-state index in [2.05, 4.69) is 24.3 Å². The third-order valence-corrected chi connectivity index (χ3v) is 5.84. The van der Waals surface area contributed by atoms with Gasteiger partial charge in [-0.25, -0.2) is 0 Å². The number of fused-ring (bicyclic) bond motifs is 2. The number of benzene rings is 2.